The van der Waals surface area contributed by atoms with E-state index in [1.165, 1.54) is 6.92 Å². The molecule has 170 valence electrons. The summed E-state index contributed by atoms with van der Waals surface area (Å²) in [7, 11) is 0. The van der Waals surface area contributed by atoms with Gasteiger partial charge in [0.05, 0.1) is 22.9 Å². The van der Waals surface area contributed by atoms with Crippen LogP contribution in [0.1, 0.15) is 27.7 Å². The second kappa shape index (κ2) is 4.91. The first-order valence-corrected chi connectivity index (χ1v) is 10.3. The van der Waals surface area contributed by atoms with Crippen molar-refractivity contribution in [3.8, 4) is 0 Å². The second-order valence-corrected chi connectivity index (χ2v) is 10.8. The summed E-state index contributed by atoms with van der Waals surface area (Å²) in [6.45, 7) is 6.63. The average Bonchev–Trinajstić information content (AvgIpc) is 3.35. The monoisotopic (exact) mass is 440 g/mol. The van der Waals surface area contributed by atoms with Crippen LogP contribution in [0.2, 0.25) is 0 Å². The number of carbonyl (C=O) groups is 3. The number of hydrogen-bond donors (Lipinski definition) is 4. The zero-order chi connectivity index (χ0) is 22.7. The minimum atomic E-state index is -2.40. The molecule has 0 bridgehead atoms. The highest BCUT2D eigenvalue weighted by molar-refractivity contribution is 5.94. The maximum Gasteiger partial charge on any atom is 0.343 e. The van der Waals surface area contributed by atoms with Crippen LogP contribution in [0.5, 0.6) is 0 Å². The van der Waals surface area contributed by atoms with Gasteiger partial charge in [0, 0.05) is 5.92 Å². The fourth-order valence-electron chi connectivity index (χ4n) is 8.27. The molecular weight excluding hydrogens is 416 g/mol. The van der Waals surface area contributed by atoms with E-state index in [0.29, 0.717) is 0 Å². The van der Waals surface area contributed by atoms with E-state index in [-0.39, 0.29) is 0 Å². The van der Waals surface area contributed by atoms with E-state index in [1.54, 1.807) is 20.8 Å². The third-order valence-electron chi connectivity index (χ3n) is 8.95. The zero-order valence-corrected chi connectivity index (χ0v) is 17.3. The summed E-state index contributed by atoms with van der Waals surface area (Å²) in [5.41, 5.74) is -9.40. The molecule has 4 heterocycles. The van der Waals surface area contributed by atoms with E-state index < -0.39 is 94.0 Å². The Kier molecular flexibility index (Phi) is 3.15. The smallest absolute Gasteiger partial charge is 0.343 e. The van der Waals surface area contributed by atoms with Crippen LogP contribution in [0.25, 0.3) is 0 Å². The van der Waals surface area contributed by atoms with Gasteiger partial charge in [-0.05, 0) is 12.3 Å². The number of hydrogen-bond acceptors (Lipinski definition) is 11. The quantitative estimate of drug-likeness (QED) is 0.234. The maximum atomic E-state index is 13.4. The number of ether oxygens (including phenoxy) is 4. The van der Waals surface area contributed by atoms with Gasteiger partial charge in [-0.1, -0.05) is 20.8 Å². The Bertz CT molecular complexity index is 957. The summed E-state index contributed by atoms with van der Waals surface area (Å²) in [6, 6.07) is 0. The predicted octanol–water partition coefficient (Wildman–Crippen LogP) is -2.40. The fraction of sp³-hybridized carbons (Fsp3) is 0.850. The molecule has 8 unspecified atom stereocenters. The van der Waals surface area contributed by atoms with Crippen LogP contribution in [0.15, 0.2) is 0 Å². The molecular formula is C20H24O11. The Hall–Kier alpha value is -1.79. The predicted molar refractivity (Wildman–Crippen MR) is 93.4 cm³/mol. The highest BCUT2D eigenvalue weighted by Crippen LogP contribution is 2.84. The minimum Gasteiger partial charge on any atom is -0.456 e. The van der Waals surface area contributed by atoms with Gasteiger partial charge in [-0.15, -0.1) is 0 Å². The molecule has 2 aliphatic carbocycles. The van der Waals surface area contributed by atoms with Gasteiger partial charge in [0.2, 0.25) is 11.9 Å². The van der Waals surface area contributed by atoms with E-state index in [2.05, 4.69) is 0 Å². The summed E-state index contributed by atoms with van der Waals surface area (Å²) in [5, 5.41) is 46.1. The van der Waals surface area contributed by atoms with Crippen molar-refractivity contribution in [3.63, 3.8) is 0 Å². The first-order valence-electron chi connectivity index (χ1n) is 10.3. The molecule has 12 atom stereocenters. The van der Waals surface area contributed by atoms with Crippen LogP contribution >= 0.6 is 0 Å². The number of esters is 3. The molecule has 31 heavy (non-hydrogen) atoms. The molecule has 6 rings (SSSR count). The minimum absolute atomic E-state index is 0.792. The van der Waals surface area contributed by atoms with Gasteiger partial charge in [0.1, 0.15) is 12.2 Å². The van der Waals surface area contributed by atoms with Crippen molar-refractivity contribution in [1.82, 2.24) is 0 Å². The SMILES string of the molecule is CC1C(=O)OC2C(O)C34C5OC(=O)[C@@]3(OC3OC(=O)[C@H](O)[C@]34C(C(C)(C)C)C5O)[C@]12O. The lowest BCUT2D eigenvalue weighted by molar-refractivity contribution is -0.240. The Labute approximate surface area is 176 Å². The van der Waals surface area contributed by atoms with E-state index in [9.17, 15) is 34.8 Å². The first kappa shape index (κ1) is 19.9. The van der Waals surface area contributed by atoms with Crippen LogP contribution < -0.4 is 0 Å². The van der Waals surface area contributed by atoms with E-state index in [1.807, 2.05) is 0 Å². The maximum absolute atomic E-state index is 13.4. The number of rotatable bonds is 0. The van der Waals surface area contributed by atoms with Gasteiger partial charge < -0.3 is 39.4 Å². The Morgan fingerprint density at radius 3 is 2.19 bits per heavy atom. The first-order chi connectivity index (χ1) is 14.3. The standard InChI is InChI=1S/C20H24O11/c1-5-12(24)28-11-8(22)18-10-6(21)7(16(2,3)4)17(18)9(23)13(25)30-15(17)31-20(18,14(26)29-10)19(5,11)27/h5-11,15,21-23,27H,1-4H3/t5?,6?,7?,8?,9-,10?,11?,15?,17+,18?,19-,20-/m0/s1. The van der Waals surface area contributed by atoms with Crippen LogP contribution in [0, 0.1) is 28.1 Å². The van der Waals surface area contributed by atoms with Gasteiger partial charge in [0.15, 0.2) is 17.8 Å². The molecule has 0 aromatic heterocycles. The molecule has 2 saturated carbocycles. The Balaban J connectivity index is 1.75. The van der Waals surface area contributed by atoms with Crippen LogP contribution in [0.3, 0.4) is 0 Å². The normalized spacial score (nSPS) is 61.0. The van der Waals surface area contributed by atoms with Crippen molar-refractivity contribution in [3.05, 3.63) is 0 Å². The van der Waals surface area contributed by atoms with E-state index >= 15 is 0 Å². The largest absolute Gasteiger partial charge is 0.456 e. The summed E-state index contributed by atoms with van der Waals surface area (Å²) < 4.78 is 22.2. The van der Waals surface area contributed by atoms with Crippen LogP contribution in [0.4, 0.5) is 0 Å². The van der Waals surface area contributed by atoms with Crippen LogP contribution in [-0.4, -0.2) is 86.3 Å². The summed E-state index contributed by atoms with van der Waals surface area (Å²) in [4.78, 5) is 38.3. The molecule has 4 saturated heterocycles. The van der Waals surface area contributed by atoms with Gasteiger partial charge >= 0.3 is 17.9 Å². The summed E-state index contributed by atoms with van der Waals surface area (Å²) >= 11 is 0. The summed E-state index contributed by atoms with van der Waals surface area (Å²) in [5.74, 6) is -5.22. The van der Waals surface area contributed by atoms with Crippen molar-refractivity contribution in [1.29, 1.82) is 0 Å². The van der Waals surface area contributed by atoms with Gasteiger partial charge in [-0.3, -0.25) is 4.79 Å². The lowest BCUT2D eigenvalue weighted by Gasteiger charge is -2.47. The zero-order valence-electron chi connectivity index (χ0n) is 17.3. The molecule has 0 radical (unpaired) electrons. The Morgan fingerprint density at radius 2 is 1.58 bits per heavy atom. The van der Waals surface area contributed by atoms with Gasteiger partial charge in [-0.25, -0.2) is 9.59 Å². The summed E-state index contributed by atoms with van der Waals surface area (Å²) in [6.07, 6.45) is -9.69. The number of carbonyl (C=O) groups excluding carboxylic acids is 3. The van der Waals surface area contributed by atoms with Crippen molar-refractivity contribution < 1.29 is 53.8 Å². The number of aliphatic hydroxyl groups is 4. The van der Waals surface area contributed by atoms with Crippen LogP contribution in [-0.2, 0) is 33.3 Å². The third-order valence-corrected chi connectivity index (χ3v) is 8.95. The van der Waals surface area contributed by atoms with Gasteiger partial charge in [-0.2, -0.15) is 0 Å². The lowest BCUT2D eigenvalue weighted by Crippen LogP contribution is -2.67. The average molecular weight is 440 g/mol. The lowest BCUT2D eigenvalue weighted by atomic mass is 9.51. The number of aliphatic hydroxyl groups excluding tert-OH is 3. The number of fused-ring (bicyclic) bond motifs is 1. The topological polar surface area (TPSA) is 169 Å². The van der Waals surface area contributed by atoms with E-state index in [4.69, 9.17) is 18.9 Å². The molecule has 2 spiro atoms. The molecule has 11 heteroatoms. The van der Waals surface area contributed by atoms with Crippen molar-refractivity contribution >= 4 is 17.9 Å². The van der Waals surface area contributed by atoms with Crippen molar-refractivity contribution in [2.45, 2.75) is 75.7 Å². The molecule has 4 N–H and O–H groups in total. The van der Waals surface area contributed by atoms with Gasteiger partial charge in [0.25, 0.3) is 0 Å². The molecule has 0 aromatic carbocycles. The molecule has 11 nitrogen and oxygen atoms in total. The van der Waals surface area contributed by atoms with Crippen molar-refractivity contribution in [2.24, 2.45) is 28.1 Å². The Morgan fingerprint density at radius 1 is 0.935 bits per heavy atom. The highest BCUT2D eigenvalue weighted by atomic mass is 16.8. The molecule has 6 fully saturated rings. The van der Waals surface area contributed by atoms with E-state index in [0.717, 1.165) is 0 Å². The third kappa shape index (κ3) is 1.43. The molecule has 6 aliphatic rings. The molecule has 0 aromatic rings. The van der Waals surface area contributed by atoms with Crippen molar-refractivity contribution in [2.75, 3.05) is 0 Å². The fourth-order valence-corrected chi connectivity index (χ4v) is 8.27. The second-order valence-electron chi connectivity index (χ2n) is 10.8. The molecule has 0 amide bonds. The highest BCUT2D eigenvalue weighted by Gasteiger charge is 3.05. The molecule has 4 aliphatic heterocycles.